The van der Waals surface area contributed by atoms with Crippen molar-refractivity contribution in [1.82, 2.24) is 5.32 Å². The monoisotopic (exact) mass is 557 g/mol. The van der Waals surface area contributed by atoms with E-state index in [0.29, 0.717) is 46.2 Å². The number of Topliss-reactive ketones (excluding diaryl/α,β-unsaturated/α-hetero) is 1. The third kappa shape index (κ3) is 5.50. The Kier molecular flexibility index (Phi) is 8.27. The van der Waals surface area contributed by atoms with E-state index in [2.05, 4.69) is 11.4 Å². The van der Waals surface area contributed by atoms with E-state index in [1.165, 1.54) is 0 Å². The highest BCUT2D eigenvalue weighted by Crippen LogP contribution is 2.50. The van der Waals surface area contributed by atoms with Gasteiger partial charge in [0.25, 0.3) is 0 Å². The number of ketones is 1. The molecule has 206 valence electrons. The molecular weight excluding hydrogens is 526 g/mol. The van der Waals surface area contributed by atoms with Gasteiger partial charge in [-0.25, -0.2) is 4.79 Å². The normalized spacial score (nSPS) is 20.2. The lowest BCUT2D eigenvalue weighted by Gasteiger charge is -2.40. The van der Waals surface area contributed by atoms with Crippen LogP contribution in [0.15, 0.2) is 95.8 Å². The summed E-state index contributed by atoms with van der Waals surface area (Å²) in [6.45, 7) is 2.07. The van der Waals surface area contributed by atoms with E-state index in [-0.39, 0.29) is 18.3 Å². The topological polar surface area (TPSA) is 73.9 Å². The standard InChI is InChI=1S/C33H32ClNO5/c1-20-29(33(37)40-17-16-21-8-5-4-6-9-21)30(25-10-7-11-28(38-2)32(25)39-3)31-26(35-20)18-23(19-27(31)36)22-12-14-24(34)15-13-22/h4-15,18,23,30-31,35H,16-17,19H2,1-3H3. The maximum absolute atomic E-state index is 13.9. The Morgan fingerprint density at radius 1 is 0.950 bits per heavy atom. The molecule has 0 amide bonds. The number of hydrogen-bond donors (Lipinski definition) is 1. The van der Waals surface area contributed by atoms with E-state index in [9.17, 15) is 9.59 Å². The molecule has 3 atom stereocenters. The van der Waals surface area contributed by atoms with Crippen molar-refractivity contribution < 1.29 is 23.8 Å². The third-order valence-corrected chi connectivity index (χ3v) is 7.87. The number of esters is 1. The zero-order valence-electron chi connectivity index (χ0n) is 22.8. The summed E-state index contributed by atoms with van der Waals surface area (Å²) in [5, 5.41) is 4.03. The summed E-state index contributed by atoms with van der Waals surface area (Å²) in [5.74, 6) is -0.731. The molecule has 0 radical (unpaired) electrons. The van der Waals surface area contributed by atoms with Gasteiger partial charge >= 0.3 is 5.97 Å². The predicted octanol–water partition coefficient (Wildman–Crippen LogP) is 6.36. The molecule has 1 N–H and O–H groups in total. The number of carbonyl (C=O) groups excluding carboxylic acids is 2. The van der Waals surface area contributed by atoms with Gasteiger partial charge in [-0.2, -0.15) is 0 Å². The Morgan fingerprint density at radius 2 is 1.70 bits per heavy atom. The van der Waals surface area contributed by atoms with Crippen molar-refractivity contribution in [2.24, 2.45) is 5.92 Å². The average Bonchev–Trinajstić information content (AvgIpc) is 2.96. The van der Waals surface area contributed by atoms with Crippen molar-refractivity contribution >= 4 is 23.4 Å². The molecule has 3 aromatic carbocycles. The summed E-state index contributed by atoms with van der Waals surface area (Å²) in [6, 6.07) is 23.0. The third-order valence-electron chi connectivity index (χ3n) is 7.62. The van der Waals surface area contributed by atoms with Crippen LogP contribution in [0.2, 0.25) is 5.02 Å². The Hall–Kier alpha value is -4.03. The highest BCUT2D eigenvalue weighted by Gasteiger charge is 2.46. The first-order valence-corrected chi connectivity index (χ1v) is 13.7. The first kappa shape index (κ1) is 27.5. The van der Waals surface area contributed by atoms with E-state index in [4.69, 9.17) is 25.8 Å². The number of benzene rings is 3. The maximum Gasteiger partial charge on any atom is 0.336 e. The van der Waals surface area contributed by atoms with Crippen LogP contribution >= 0.6 is 11.6 Å². The van der Waals surface area contributed by atoms with E-state index >= 15 is 0 Å². The number of halogens is 1. The van der Waals surface area contributed by atoms with Gasteiger partial charge in [0.2, 0.25) is 0 Å². The average molecular weight is 558 g/mol. The molecule has 3 aromatic rings. The molecule has 0 saturated heterocycles. The van der Waals surface area contributed by atoms with Gasteiger partial charge in [0.15, 0.2) is 11.5 Å². The number of hydrogen-bond acceptors (Lipinski definition) is 6. The number of para-hydroxylation sites is 1. The van der Waals surface area contributed by atoms with Gasteiger partial charge in [0, 0.05) is 46.7 Å². The van der Waals surface area contributed by atoms with E-state index in [0.717, 1.165) is 16.8 Å². The number of allylic oxidation sites excluding steroid dienone is 3. The fraction of sp³-hybridized carbons (Fsp3) is 0.273. The minimum Gasteiger partial charge on any atom is -0.493 e. The second-order valence-corrected chi connectivity index (χ2v) is 10.5. The molecule has 7 heteroatoms. The Labute approximate surface area is 239 Å². The lowest BCUT2D eigenvalue weighted by molar-refractivity contribution is -0.139. The van der Waals surface area contributed by atoms with E-state index < -0.39 is 17.8 Å². The Morgan fingerprint density at radius 3 is 2.40 bits per heavy atom. The molecule has 0 fully saturated rings. The van der Waals surface area contributed by atoms with E-state index in [1.807, 2.05) is 73.7 Å². The first-order valence-electron chi connectivity index (χ1n) is 13.3. The summed E-state index contributed by atoms with van der Waals surface area (Å²) in [6.07, 6.45) is 2.99. The SMILES string of the molecule is COc1cccc(C2C(C(=O)OCCc3ccccc3)=C(C)NC3=CC(c4ccc(Cl)cc4)CC(=O)C32)c1OC. The molecule has 3 unspecified atom stereocenters. The number of ether oxygens (including phenoxy) is 3. The number of methoxy groups -OCH3 is 2. The minimum atomic E-state index is -0.611. The number of nitrogens with one attached hydrogen (secondary N) is 1. The number of fused-ring (bicyclic) bond motifs is 1. The van der Waals surface area contributed by atoms with Crippen LogP contribution in [-0.4, -0.2) is 32.6 Å². The van der Waals surface area contributed by atoms with Crippen molar-refractivity contribution in [2.45, 2.75) is 31.6 Å². The van der Waals surface area contributed by atoms with Gasteiger partial charge < -0.3 is 19.5 Å². The second kappa shape index (κ2) is 12.0. The van der Waals surface area contributed by atoms with Crippen molar-refractivity contribution in [1.29, 1.82) is 0 Å². The fourth-order valence-electron chi connectivity index (χ4n) is 5.75. The van der Waals surface area contributed by atoms with Crippen molar-refractivity contribution in [3.8, 4) is 11.5 Å². The zero-order valence-corrected chi connectivity index (χ0v) is 23.5. The van der Waals surface area contributed by atoms with Crippen LogP contribution in [0.4, 0.5) is 0 Å². The van der Waals surface area contributed by atoms with Crippen molar-refractivity contribution in [2.75, 3.05) is 20.8 Å². The summed E-state index contributed by atoms with van der Waals surface area (Å²) < 4.78 is 17.1. The molecule has 0 aromatic heterocycles. The predicted molar refractivity (Wildman–Crippen MR) is 155 cm³/mol. The zero-order chi connectivity index (χ0) is 28.2. The molecule has 40 heavy (non-hydrogen) atoms. The quantitative estimate of drug-likeness (QED) is 0.325. The molecule has 0 saturated carbocycles. The van der Waals surface area contributed by atoms with Gasteiger partial charge in [0.05, 0.1) is 32.3 Å². The van der Waals surface area contributed by atoms with Crippen molar-refractivity contribution in [3.05, 3.63) is 118 Å². The number of carbonyl (C=O) groups is 2. The van der Waals surface area contributed by atoms with Crippen LogP contribution in [0.25, 0.3) is 0 Å². The van der Waals surface area contributed by atoms with Crippen molar-refractivity contribution in [3.63, 3.8) is 0 Å². The lowest BCUT2D eigenvalue weighted by atomic mass is 9.68. The molecule has 0 bridgehead atoms. The Balaban J connectivity index is 1.55. The van der Waals surface area contributed by atoms with Gasteiger partial charge in [-0.3, -0.25) is 4.79 Å². The summed E-state index contributed by atoms with van der Waals surface area (Å²) in [7, 11) is 3.13. The first-order chi connectivity index (χ1) is 19.4. The molecule has 1 aliphatic heterocycles. The summed E-state index contributed by atoms with van der Waals surface area (Å²) in [4.78, 5) is 27.6. The van der Waals surface area contributed by atoms with Gasteiger partial charge in [0.1, 0.15) is 5.78 Å². The van der Waals surface area contributed by atoms with Crippen LogP contribution in [0, 0.1) is 5.92 Å². The van der Waals surface area contributed by atoms with Crippen LogP contribution in [0.1, 0.15) is 41.9 Å². The smallest absolute Gasteiger partial charge is 0.336 e. The summed E-state index contributed by atoms with van der Waals surface area (Å²) >= 11 is 6.10. The van der Waals surface area contributed by atoms with Gasteiger partial charge in [-0.1, -0.05) is 72.3 Å². The highest BCUT2D eigenvalue weighted by atomic mass is 35.5. The lowest BCUT2D eigenvalue weighted by Crippen LogP contribution is -2.42. The molecule has 1 heterocycles. The largest absolute Gasteiger partial charge is 0.493 e. The maximum atomic E-state index is 13.9. The van der Waals surface area contributed by atoms with Crippen LogP contribution in [0.3, 0.4) is 0 Å². The Bertz CT molecular complexity index is 1460. The fourth-order valence-corrected chi connectivity index (χ4v) is 5.87. The van der Waals surface area contributed by atoms with E-state index in [1.54, 1.807) is 20.3 Å². The highest BCUT2D eigenvalue weighted by molar-refractivity contribution is 6.30. The van der Waals surface area contributed by atoms with Crippen LogP contribution < -0.4 is 14.8 Å². The van der Waals surface area contributed by atoms with Crippen LogP contribution in [0.5, 0.6) is 11.5 Å². The van der Waals surface area contributed by atoms with Crippen LogP contribution in [-0.2, 0) is 20.7 Å². The van der Waals surface area contributed by atoms with Gasteiger partial charge in [-0.15, -0.1) is 0 Å². The molecular formula is C33H32ClNO5. The molecule has 5 rings (SSSR count). The second-order valence-electron chi connectivity index (χ2n) is 10.0. The summed E-state index contributed by atoms with van der Waals surface area (Å²) in [5.41, 5.74) is 4.62. The molecule has 1 aliphatic carbocycles. The van der Waals surface area contributed by atoms with Gasteiger partial charge in [-0.05, 0) is 36.2 Å². The minimum absolute atomic E-state index is 0.0295. The molecule has 0 spiro atoms. The molecule has 2 aliphatic rings. The molecule has 6 nitrogen and oxygen atoms in total. The number of rotatable bonds is 8.